The molecule has 0 bridgehead atoms. The van der Waals surface area contributed by atoms with Crippen LogP contribution in [-0.2, 0) is 5.41 Å². The zero-order chi connectivity index (χ0) is 44.1. The fourth-order valence-corrected chi connectivity index (χ4v) is 11.8. The standard InChI is InChI=1S/C65H42N2/c1-2-22-48(23-3-1)66(50-36-38-55-54-28-8-12-32-60(54)65(61(55)42-50)58-30-10-6-26-52(58)53-27-7-11-31-59(53)65)49-24-15-21-46(40-49)44-19-14-20-45(39-44)47-35-37-57-56-29-9-13-33-63(56)67(64(57)41-47)62-34-16-18-43-17-4-5-25-51(43)62/h1-42H. The van der Waals surface area contributed by atoms with Crippen LogP contribution in [0.1, 0.15) is 22.3 Å². The lowest BCUT2D eigenvalue weighted by atomic mass is 9.70. The first-order valence-corrected chi connectivity index (χ1v) is 23.3. The predicted molar refractivity (Wildman–Crippen MR) is 280 cm³/mol. The first kappa shape index (κ1) is 37.6. The molecule has 0 radical (unpaired) electrons. The Bertz CT molecular complexity index is 3880. The van der Waals surface area contributed by atoms with Crippen molar-refractivity contribution in [2.75, 3.05) is 4.90 Å². The van der Waals surface area contributed by atoms with Gasteiger partial charge in [-0.2, -0.15) is 0 Å². The van der Waals surface area contributed by atoms with Crippen LogP contribution in [0.4, 0.5) is 17.1 Å². The van der Waals surface area contributed by atoms with E-state index in [-0.39, 0.29) is 0 Å². The minimum Gasteiger partial charge on any atom is -0.310 e. The lowest BCUT2D eigenvalue weighted by molar-refractivity contribution is 0.793. The zero-order valence-electron chi connectivity index (χ0n) is 36.6. The number of hydrogen-bond donors (Lipinski definition) is 0. The summed E-state index contributed by atoms with van der Waals surface area (Å²) in [6, 6.07) is 94.3. The smallest absolute Gasteiger partial charge is 0.0726 e. The Morgan fingerprint density at radius 1 is 0.284 bits per heavy atom. The van der Waals surface area contributed by atoms with Crippen molar-refractivity contribution in [1.82, 2.24) is 4.57 Å². The van der Waals surface area contributed by atoms with Gasteiger partial charge in [0.25, 0.3) is 0 Å². The van der Waals surface area contributed by atoms with Crippen LogP contribution in [0.15, 0.2) is 255 Å². The Morgan fingerprint density at radius 3 is 1.52 bits per heavy atom. The Balaban J connectivity index is 0.900. The molecule has 0 saturated heterocycles. The summed E-state index contributed by atoms with van der Waals surface area (Å²) in [5.74, 6) is 0. The van der Waals surface area contributed by atoms with Crippen molar-refractivity contribution in [3.05, 3.63) is 277 Å². The van der Waals surface area contributed by atoms with Crippen LogP contribution in [0, 0.1) is 0 Å². The topological polar surface area (TPSA) is 8.17 Å². The number of fused-ring (bicyclic) bond motifs is 14. The van der Waals surface area contributed by atoms with Crippen LogP contribution in [0.25, 0.3) is 82.8 Å². The van der Waals surface area contributed by atoms with E-state index in [0.29, 0.717) is 0 Å². The van der Waals surface area contributed by atoms with Gasteiger partial charge >= 0.3 is 0 Å². The minimum absolute atomic E-state index is 0.425. The summed E-state index contributed by atoms with van der Waals surface area (Å²) in [5, 5.41) is 4.98. The third-order valence-electron chi connectivity index (χ3n) is 14.6. The van der Waals surface area contributed by atoms with Gasteiger partial charge < -0.3 is 9.47 Å². The molecule has 0 atom stereocenters. The summed E-state index contributed by atoms with van der Waals surface area (Å²) in [7, 11) is 0. The fourth-order valence-electron chi connectivity index (χ4n) is 11.8. The van der Waals surface area contributed by atoms with E-state index >= 15 is 0 Å². The predicted octanol–water partition coefficient (Wildman–Crippen LogP) is 17.1. The van der Waals surface area contributed by atoms with Gasteiger partial charge in [-0.15, -0.1) is 0 Å². The molecule has 2 heteroatoms. The van der Waals surface area contributed by atoms with E-state index in [9.17, 15) is 0 Å². The molecule has 1 spiro atoms. The second-order valence-corrected chi connectivity index (χ2v) is 18.0. The molecule has 1 aromatic heterocycles. The Hall–Kier alpha value is -8.72. The van der Waals surface area contributed by atoms with Crippen LogP contribution < -0.4 is 4.90 Å². The van der Waals surface area contributed by atoms with Crippen molar-refractivity contribution in [3.63, 3.8) is 0 Å². The SMILES string of the molecule is c1ccc(N(c2cccc(-c3cccc(-c4ccc5c6ccccc6n(-c6cccc7ccccc67)c5c4)c3)c2)c2ccc3c(c2)C2(c4ccccc4-c4ccccc42)c2ccccc2-3)cc1. The largest absolute Gasteiger partial charge is 0.310 e. The average Bonchev–Trinajstić information content (AvgIpc) is 4.00. The number of nitrogens with zero attached hydrogens (tertiary/aromatic N) is 2. The molecular weight excluding hydrogens is 809 g/mol. The summed E-state index contributed by atoms with van der Waals surface area (Å²) in [6.07, 6.45) is 0. The van der Waals surface area contributed by atoms with Gasteiger partial charge in [-0.1, -0.05) is 194 Å². The number of rotatable bonds is 6. The van der Waals surface area contributed by atoms with Gasteiger partial charge in [-0.25, -0.2) is 0 Å². The number of hydrogen-bond acceptors (Lipinski definition) is 1. The quantitative estimate of drug-likeness (QED) is 0.162. The lowest BCUT2D eigenvalue weighted by Gasteiger charge is -2.32. The summed E-state index contributed by atoms with van der Waals surface area (Å²) in [6.45, 7) is 0. The summed E-state index contributed by atoms with van der Waals surface area (Å²) >= 11 is 0. The van der Waals surface area contributed by atoms with Gasteiger partial charge in [0, 0.05) is 33.2 Å². The zero-order valence-corrected chi connectivity index (χ0v) is 36.6. The molecular formula is C65H42N2. The third-order valence-corrected chi connectivity index (χ3v) is 14.6. The second-order valence-electron chi connectivity index (χ2n) is 18.0. The maximum atomic E-state index is 2.47. The summed E-state index contributed by atoms with van der Waals surface area (Å²) in [5.41, 5.74) is 21.8. The van der Waals surface area contributed by atoms with E-state index in [1.54, 1.807) is 0 Å². The maximum absolute atomic E-state index is 2.47. The molecule has 0 N–H and O–H groups in total. The first-order chi connectivity index (χ1) is 33.2. The van der Waals surface area contributed by atoms with Crippen molar-refractivity contribution in [3.8, 4) is 50.2 Å². The van der Waals surface area contributed by atoms with Crippen LogP contribution in [-0.4, -0.2) is 4.57 Å². The highest BCUT2D eigenvalue weighted by Gasteiger charge is 2.51. The summed E-state index contributed by atoms with van der Waals surface area (Å²) < 4.78 is 2.45. The van der Waals surface area contributed by atoms with E-state index in [2.05, 4.69) is 264 Å². The monoisotopic (exact) mass is 850 g/mol. The van der Waals surface area contributed by atoms with E-state index in [1.165, 1.54) is 99.5 Å². The van der Waals surface area contributed by atoms with Crippen molar-refractivity contribution >= 4 is 49.6 Å². The molecule has 2 aliphatic rings. The molecule has 312 valence electrons. The highest BCUT2D eigenvalue weighted by Crippen LogP contribution is 2.63. The Labute approximate surface area is 389 Å². The molecule has 0 aliphatic heterocycles. The molecule has 0 amide bonds. The Kier molecular flexibility index (Phi) is 8.23. The molecule has 11 aromatic carbocycles. The summed E-state index contributed by atoms with van der Waals surface area (Å²) in [4.78, 5) is 2.43. The molecule has 14 rings (SSSR count). The fraction of sp³-hybridized carbons (Fsp3) is 0.0154. The van der Waals surface area contributed by atoms with Crippen molar-refractivity contribution in [2.45, 2.75) is 5.41 Å². The van der Waals surface area contributed by atoms with E-state index in [4.69, 9.17) is 0 Å². The highest BCUT2D eigenvalue weighted by atomic mass is 15.1. The normalized spacial score (nSPS) is 12.9. The van der Waals surface area contributed by atoms with Crippen LogP contribution >= 0.6 is 0 Å². The van der Waals surface area contributed by atoms with Gasteiger partial charge in [0.2, 0.25) is 0 Å². The molecule has 67 heavy (non-hydrogen) atoms. The molecule has 1 heterocycles. The molecule has 12 aromatic rings. The molecule has 2 nitrogen and oxygen atoms in total. The molecule has 0 fully saturated rings. The van der Waals surface area contributed by atoms with Gasteiger partial charge in [-0.05, 0) is 133 Å². The molecule has 2 aliphatic carbocycles. The number of benzene rings is 11. The van der Waals surface area contributed by atoms with Crippen LogP contribution in [0.5, 0.6) is 0 Å². The van der Waals surface area contributed by atoms with E-state index in [0.717, 1.165) is 22.6 Å². The number of anilines is 3. The maximum Gasteiger partial charge on any atom is 0.0726 e. The highest BCUT2D eigenvalue weighted by molar-refractivity contribution is 6.11. The Morgan fingerprint density at radius 2 is 0.791 bits per heavy atom. The van der Waals surface area contributed by atoms with Gasteiger partial charge in [0.15, 0.2) is 0 Å². The lowest BCUT2D eigenvalue weighted by Crippen LogP contribution is -2.26. The van der Waals surface area contributed by atoms with Crippen LogP contribution in [0.2, 0.25) is 0 Å². The number of para-hydroxylation sites is 2. The van der Waals surface area contributed by atoms with Crippen molar-refractivity contribution < 1.29 is 0 Å². The average molecular weight is 851 g/mol. The number of aromatic nitrogens is 1. The third kappa shape index (κ3) is 5.51. The van der Waals surface area contributed by atoms with Crippen LogP contribution in [0.3, 0.4) is 0 Å². The van der Waals surface area contributed by atoms with Crippen molar-refractivity contribution in [1.29, 1.82) is 0 Å². The van der Waals surface area contributed by atoms with Crippen molar-refractivity contribution in [2.24, 2.45) is 0 Å². The van der Waals surface area contributed by atoms with Gasteiger partial charge in [0.05, 0.1) is 22.1 Å². The van der Waals surface area contributed by atoms with Gasteiger partial charge in [-0.3, -0.25) is 0 Å². The first-order valence-electron chi connectivity index (χ1n) is 23.3. The van der Waals surface area contributed by atoms with Gasteiger partial charge in [0.1, 0.15) is 0 Å². The second kappa shape index (κ2) is 14.7. The molecule has 0 saturated carbocycles. The van der Waals surface area contributed by atoms with E-state index < -0.39 is 5.41 Å². The molecule has 0 unspecified atom stereocenters. The minimum atomic E-state index is -0.425. The van der Waals surface area contributed by atoms with E-state index in [1.807, 2.05) is 0 Å².